The lowest BCUT2D eigenvalue weighted by molar-refractivity contribution is 0.0600. The standard InChI is InChI=1S/C23H22N2O4S/c1-15-14-19(21(27)24-13-12-16-6-4-3-5-7-16)22(30-15)25-20(26)17-8-10-18(11-9-17)23(28)29-2/h3-11,14H,12-13H2,1-2H3,(H,24,27)(H,25,26). The minimum atomic E-state index is -0.467. The van der Waals surface area contributed by atoms with Crippen LogP contribution in [-0.2, 0) is 11.2 Å². The predicted molar refractivity (Wildman–Crippen MR) is 117 cm³/mol. The first-order valence-electron chi connectivity index (χ1n) is 9.40. The van der Waals surface area contributed by atoms with E-state index in [0.717, 1.165) is 16.9 Å². The summed E-state index contributed by atoms with van der Waals surface area (Å²) >= 11 is 1.34. The quantitative estimate of drug-likeness (QED) is 0.562. The zero-order valence-corrected chi connectivity index (χ0v) is 17.5. The maximum Gasteiger partial charge on any atom is 0.337 e. The lowest BCUT2D eigenvalue weighted by atomic mass is 10.1. The van der Waals surface area contributed by atoms with Crippen molar-refractivity contribution in [3.05, 3.63) is 87.8 Å². The minimum absolute atomic E-state index is 0.230. The Hall–Kier alpha value is -3.45. The Labute approximate surface area is 178 Å². The van der Waals surface area contributed by atoms with Crippen molar-refractivity contribution in [2.24, 2.45) is 0 Å². The van der Waals surface area contributed by atoms with E-state index in [9.17, 15) is 14.4 Å². The summed E-state index contributed by atoms with van der Waals surface area (Å²) in [6, 6.07) is 17.8. The maximum absolute atomic E-state index is 12.6. The Morgan fingerprint density at radius 3 is 2.27 bits per heavy atom. The molecule has 30 heavy (non-hydrogen) atoms. The highest BCUT2D eigenvalue weighted by Gasteiger charge is 2.18. The van der Waals surface area contributed by atoms with Gasteiger partial charge < -0.3 is 15.4 Å². The molecule has 2 N–H and O–H groups in total. The first kappa shape index (κ1) is 21.3. The molecule has 0 bridgehead atoms. The molecule has 0 saturated carbocycles. The Morgan fingerprint density at radius 1 is 0.933 bits per heavy atom. The first-order valence-corrected chi connectivity index (χ1v) is 10.2. The van der Waals surface area contributed by atoms with Crippen molar-refractivity contribution in [1.29, 1.82) is 0 Å². The summed E-state index contributed by atoms with van der Waals surface area (Å²) < 4.78 is 4.66. The molecule has 0 spiro atoms. The van der Waals surface area contributed by atoms with Gasteiger partial charge in [-0.3, -0.25) is 9.59 Å². The van der Waals surface area contributed by atoms with Crippen LogP contribution in [0.3, 0.4) is 0 Å². The number of amides is 2. The van der Waals surface area contributed by atoms with Crippen molar-refractivity contribution in [3.8, 4) is 0 Å². The summed E-state index contributed by atoms with van der Waals surface area (Å²) in [5, 5.41) is 6.20. The number of carbonyl (C=O) groups excluding carboxylic acids is 3. The van der Waals surface area contributed by atoms with E-state index < -0.39 is 5.97 Å². The van der Waals surface area contributed by atoms with Gasteiger partial charge in [-0.2, -0.15) is 0 Å². The van der Waals surface area contributed by atoms with Gasteiger partial charge in [0.25, 0.3) is 11.8 Å². The molecule has 0 radical (unpaired) electrons. The Morgan fingerprint density at radius 2 is 1.60 bits per heavy atom. The van der Waals surface area contributed by atoms with Crippen molar-refractivity contribution in [2.75, 3.05) is 19.0 Å². The van der Waals surface area contributed by atoms with Gasteiger partial charge in [0.15, 0.2) is 0 Å². The van der Waals surface area contributed by atoms with E-state index in [0.29, 0.717) is 28.2 Å². The van der Waals surface area contributed by atoms with E-state index in [1.54, 1.807) is 18.2 Å². The molecular formula is C23H22N2O4S. The van der Waals surface area contributed by atoms with Gasteiger partial charge in [-0.15, -0.1) is 11.3 Å². The second-order valence-corrected chi connectivity index (χ2v) is 7.87. The average molecular weight is 423 g/mol. The van der Waals surface area contributed by atoms with Gasteiger partial charge in [0.05, 0.1) is 18.2 Å². The Balaban J connectivity index is 1.64. The highest BCUT2D eigenvalue weighted by Crippen LogP contribution is 2.28. The molecule has 3 rings (SSSR count). The lowest BCUT2D eigenvalue weighted by Gasteiger charge is -2.08. The van der Waals surface area contributed by atoms with Crippen LogP contribution >= 0.6 is 11.3 Å². The van der Waals surface area contributed by atoms with Gasteiger partial charge in [0.2, 0.25) is 0 Å². The topological polar surface area (TPSA) is 84.5 Å². The molecule has 0 aliphatic heterocycles. The monoisotopic (exact) mass is 422 g/mol. The zero-order chi connectivity index (χ0) is 21.5. The van der Waals surface area contributed by atoms with Crippen LogP contribution in [0.2, 0.25) is 0 Å². The second-order valence-electron chi connectivity index (χ2n) is 6.61. The fourth-order valence-corrected chi connectivity index (χ4v) is 3.79. The van der Waals surface area contributed by atoms with Crippen LogP contribution in [0.5, 0.6) is 0 Å². The molecule has 0 aliphatic rings. The molecule has 6 nitrogen and oxygen atoms in total. The van der Waals surface area contributed by atoms with Gasteiger partial charge in [-0.05, 0) is 49.2 Å². The summed E-state index contributed by atoms with van der Waals surface area (Å²) in [6.07, 6.45) is 0.726. The number of hydrogen-bond donors (Lipinski definition) is 2. The first-order chi connectivity index (χ1) is 14.5. The van der Waals surface area contributed by atoms with Crippen molar-refractivity contribution in [1.82, 2.24) is 5.32 Å². The third-order valence-corrected chi connectivity index (χ3v) is 5.40. The van der Waals surface area contributed by atoms with Gasteiger partial charge in [-0.25, -0.2) is 4.79 Å². The summed E-state index contributed by atoms with van der Waals surface area (Å²) in [5.74, 6) is -1.05. The van der Waals surface area contributed by atoms with E-state index in [-0.39, 0.29) is 11.8 Å². The molecule has 2 amide bonds. The number of ether oxygens (including phenoxy) is 1. The van der Waals surface area contributed by atoms with E-state index in [4.69, 9.17) is 0 Å². The summed E-state index contributed by atoms with van der Waals surface area (Å²) in [4.78, 5) is 37.7. The third-order valence-electron chi connectivity index (χ3n) is 4.44. The summed E-state index contributed by atoms with van der Waals surface area (Å²) in [6.45, 7) is 2.38. The molecule has 1 aromatic heterocycles. The summed E-state index contributed by atoms with van der Waals surface area (Å²) in [5.41, 5.74) is 2.32. The Kier molecular flexibility index (Phi) is 6.98. The highest BCUT2D eigenvalue weighted by molar-refractivity contribution is 7.16. The van der Waals surface area contributed by atoms with E-state index in [1.807, 2.05) is 37.3 Å². The number of esters is 1. The smallest absolute Gasteiger partial charge is 0.337 e. The lowest BCUT2D eigenvalue weighted by Crippen LogP contribution is -2.26. The van der Waals surface area contributed by atoms with Crippen LogP contribution in [0, 0.1) is 6.92 Å². The van der Waals surface area contributed by atoms with E-state index in [2.05, 4.69) is 15.4 Å². The normalized spacial score (nSPS) is 10.3. The van der Waals surface area contributed by atoms with Gasteiger partial charge >= 0.3 is 5.97 Å². The summed E-state index contributed by atoms with van der Waals surface area (Å²) in [7, 11) is 1.30. The molecule has 0 saturated heterocycles. The number of rotatable bonds is 7. The SMILES string of the molecule is COC(=O)c1ccc(C(=O)Nc2sc(C)cc2C(=O)NCCc2ccccc2)cc1. The molecule has 0 fully saturated rings. The van der Waals surface area contributed by atoms with E-state index >= 15 is 0 Å². The molecule has 0 aliphatic carbocycles. The second kappa shape index (κ2) is 9.84. The fourth-order valence-electron chi connectivity index (χ4n) is 2.89. The van der Waals surface area contributed by atoms with Crippen LogP contribution in [0.15, 0.2) is 60.7 Å². The van der Waals surface area contributed by atoms with Crippen LogP contribution in [-0.4, -0.2) is 31.4 Å². The predicted octanol–water partition coefficient (Wildman–Crippen LogP) is 4.07. The Bertz CT molecular complexity index is 1040. The third kappa shape index (κ3) is 5.33. The number of hydrogen-bond acceptors (Lipinski definition) is 5. The molecule has 154 valence electrons. The van der Waals surface area contributed by atoms with Gasteiger partial charge in [-0.1, -0.05) is 30.3 Å². The molecule has 7 heteroatoms. The van der Waals surface area contributed by atoms with Crippen molar-refractivity contribution < 1.29 is 19.1 Å². The highest BCUT2D eigenvalue weighted by atomic mass is 32.1. The van der Waals surface area contributed by atoms with Crippen molar-refractivity contribution in [3.63, 3.8) is 0 Å². The van der Waals surface area contributed by atoms with Crippen LogP contribution in [0.1, 0.15) is 41.5 Å². The van der Waals surface area contributed by atoms with Gasteiger partial charge in [0, 0.05) is 17.0 Å². The van der Waals surface area contributed by atoms with Crippen LogP contribution in [0.4, 0.5) is 5.00 Å². The minimum Gasteiger partial charge on any atom is -0.465 e. The van der Waals surface area contributed by atoms with Crippen molar-refractivity contribution >= 4 is 34.1 Å². The molecular weight excluding hydrogens is 400 g/mol. The number of methoxy groups -OCH3 is 1. The van der Waals surface area contributed by atoms with Crippen LogP contribution in [0.25, 0.3) is 0 Å². The molecule has 2 aromatic carbocycles. The number of thiophene rings is 1. The number of nitrogens with one attached hydrogen (secondary N) is 2. The molecule has 0 unspecified atom stereocenters. The number of benzene rings is 2. The molecule has 1 heterocycles. The number of anilines is 1. The number of carbonyl (C=O) groups is 3. The maximum atomic E-state index is 12.6. The number of aryl methyl sites for hydroxylation is 1. The average Bonchev–Trinajstić information content (AvgIpc) is 3.14. The fraction of sp³-hybridized carbons (Fsp3) is 0.174. The molecule has 3 aromatic rings. The van der Waals surface area contributed by atoms with Crippen molar-refractivity contribution in [2.45, 2.75) is 13.3 Å². The zero-order valence-electron chi connectivity index (χ0n) is 16.7. The van der Waals surface area contributed by atoms with Gasteiger partial charge in [0.1, 0.15) is 5.00 Å². The van der Waals surface area contributed by atoms with Crippen LogP contribution < -0.4 is 10.6 Å². The largest absolute Gasteiger partial charge is 0.465 e. The van der Waals surface area contributed by atoms with E-state index in [1.165, 1.54) is 30.6 Å². The molecule has 0 atom stereocenters.